The number of amides is 1. The highest BCUT2D eigenvalue weighted by Gasteiger charge is 2.47. The number of ether oxygens (including phenoxy) is 2. The number of carbonyl (C=O) groups excluding carboxylic acids is 2. The molecule has 3 aromatic rings. The number of hydrogen-bond acceptors (Lipinski definition) is 5. The molecule has 1 amide bonds. The van der Waals surface area contributed by atoms with Gasteiger partial charge in [-0.05, 0) is 67.4 Å². The van der Waals surface area contributed by atoms with E-state index in [4.69, 9.17) is 9.47 Å². The van der Waals surface area contributed by atoms with E-state index < -0.39 is 35.1 Å². The SMILES string of the molecule is CCOc1ccc(C2/C(=C(\O)c3ccc(OC)c(C)c3)C(=O)C(=O)N2c2ccc(F)c(F)c2)cc1. The molecule has 1 heterocycles. The average molecular weight is 479 g/mol. The molecular weight excluding hydrogens is 456 g/mol. The molecule has 0 saturated carbocycles. The maximum Gasteiger partial charge on any atom is 0.300 e. The number of benzene rings is 3. The molecule has 180 valence electrons. The summed E-state index contributed by atoms with van der Waals surface area (Å²) in [6, 6.07) is 13.3. The Morgan fingerprint density at radius 1 is 1.00 bits per heavy atom. The predicted octanol–water partition coefficient (Wildman–Crippen LogP) is 5.31. The van der Waals surface area contributed by atoms with Crippen molar-refractivity contribution in [3.8, 4) is 11.5 Å². The monoisotopic (exact) mass is 479 g/mol. The van der Waals surface area contributed by atoms with E-state index in [1.54, 1.807) is 49.4 Å². The Morgan fingerprint density at radius 3 is 2.31 bits per heavy atom. The smallest absolute Gasteiger partial charge is 0.300 e. The first-order chi connectivity index (χ1) is 16.8. The second kappa shape index (κ2) is 9.58. The fourth-order valence-electron chi connectivity index (χ4n) is 4.14. The van der Waals surface area contributed by atoms with E-state index in [0.717, 1.165) is 17.0 Å². The zero-order chi connectivity index (χ0) is 25.3. The van der Waals surface area contributed by atoms with Crippen LogP contribution >= 0.6 is 0 Å². The highest BCUT2D eigenvalue weighted by Crippen LogP contribution is 2.43. The first-order valence-electron chi connectivity index (χ1n) is 10.9. The summed E-state index contributed by atoms with van der Waals surface area (Å²) >= 11 is 0. The lowest BCUT2D eigenvalue weighted by Gasteiger charge is -2.25. The molecule has 1 atom stereocenters. The van der Waals surface area contributed by atoms with Crippen molar-refractivity contribution in [1.29, 1.82) is 0 Å². The highest BCUT2D eigenvalue weighted by atomic mass is 19.2. The summed E-state index contributed by atoms with van der Waals surface area (Å²) in [5.74, 6) is -3.39. The molecule has 1 aliphatic rings. The molecule has 1 aliphatic heterocycles. The van der Waals surface area contributed by atoms with E-state index in [0.29, 0.717) is 34.8 Å². The summed E-state index contributed by atoms with van der Waals surface area (Å²) in [4.78, 5) is 27.4. The van der Waals surface area contributed by atoms with Gasteiger partial charge in [0.1, 0.15) is 17.3 Å². The summed E-state index contributed by atoms with van der Waals surface area (Å²) in [6.07, 6.45) is 0. The van der Waals surface area contributed by atoms with Crippen LogP contribution in [0, 0.1) is 18.6 Å². The van der Waals surface area contributed by atoms with E-state index in [-0.39, 0.29) is 11.3 Å². The molecule has 0 aliphatic carbocycles. The van der Waals surface area contributed by atoms with Crippen molar-refractivity contribution in [2.45, 2.75) is 19.9 Å². The number of halogens is 2. The molecule has 1 unspecified atom stereocenters. The minimum Gasteiger partial charge on any atom is -0.507 e. The molecule has 1 saturated heterocycles. The van der Waals surface area contributed by atoms with E-state index in [9.17, 15) is 23.5 Å². The van der Waals surface area contributed by atoms with Gasteiger partial charge in [-0.25, -0.2) is 8.78 Å². The quantitative estimate of drug-likeness (QED) is 0.295. The number of hydrogen-bond donors (Lipinski definition) is 1. The number of nitrogens with zero attached hydrogens (tertiary/aromatic N) is 1. The average Bonchev–Trinajstić information content (AvgIpc) is 3.11. The van der Waals surface area contributed by atoms with Gasteiger partial charge < -0.3 is 14.6 Å². The second-order valence-corrected chi connectivity index (χ2v) is 7.95. The van der Waals surface area contributed by atoms with Crippen molar-refractivity contribution in [3.05, 3.63) is 94.6 Å². The van der Waals surface area contributed by atoms with Crippen LogP contribution in [0.1, 0.15) is 29.7 Å². The Labute approximate surface area is 201 Å². The lowest BCUT2D eigenvalue weighted by atomic mass is 9.94. The van der Waals surface area contributed by atoms with Gasteiger partial charge in [0.25, 0.3) is 11.7 Å². The summed E-state index contributed by atoms with van der Waals surface area (Å²) < 4.78 is 38.4. The number of anilines is 1. The highest BCUT2D eigenvalue weighted by molar-refractivity contribution is 6.51. The van der Waals surface area contributed by atoms with Gasteiger partial charge in [-0.2, -0.15) is 0 Å². The van der Waals surface area contributed by atoms with Crippen LogP contribution in [0.3, 0.4) is 0 Å². The van der Waals surface area contributed by atoms with Gasteiger partial charge in [0.05, 0.1) is 25.3 Å². The Morgan fingerprint density at radius 2 is 1.71 bits per heavy atom. The number of Topliss-reactive ketones (excluding diaryl/α,β-unsaturated/α-hetero) is 1. The maximum absolute atomic E-state index is 14.1. The first kappa shape index (κ1) is 23.9. The minimum atomic E-state index is -1.17. The summed E-state index contributed by atoms with van der Waals surface area (Å²) in [6.45, 7) is 4.06. The van der Waals surface area contributed by atoms with Gasteiger partial charge >= 0.3 is 0 Å². The van der Waals surface area contributed by atoms with Crippen molar-refractivity contribution in [2.75, 3.05) is 18.6 Å². The molecule has 6 nitrogen and oxygen atoms in total. The zero-order valence-corrected chi connectivity index (χ0v) is 19.3. The Balaban J connectivity index is 1.92. The third-order valence-corrected chi connectivity index (χ3v) is 5.80. The van der Waals surface area contributed by atoms with Crippen LogP contribution in [0.5, 0.6) is 11.5 Å². The minimum absolute atomic E-state index is 0.0187. The Kier molecular flexibility index (Phi) is 6.55. The molecule has 4 rings (SSSR count). The number of aliphatic hydroxyl groups excluding tert-OH is 1. The lowest BCUT2D eigenvalue weighted by molar-refractivity contribution is -0.132. The molecule has 0 bridgehead atoms. The molecule has 1 N–H and O–H groups in total. The molecule has 8 heteroatoms. The maximum atomic E-state index is 14.1. The van der Waals surface area contributed by atoms with E-state index in [1.165, 1.54) is 13.2 Å². The van der Waals surface area contributed by atoms with Crippen molar-refractivity contribution in [2.24, 2.45) is 0 Å². The van der Waals surface area contributed by atoms with E-state index in [1.807, 2.05) is 6.92 Å². The van der Waals surface area contributed by atoms with Crippen molar-refractivity contribution in [1.82, 2.24) is 0 Å². The first-order valence-corrected chi connectivity index (χ1v) is 10.9. The van der Waals surface area contributed by atoms with Crippen LogP contribution in [0.25, 0.3) is 5.76 Å². The molecule has 1 fully saturated rings. The standard InChI is InChI=1S/C27H23F2NO5/c1-4-35-19-9-5-16(6-10-19)24-23(25(31)17-7-12-22(34-3)15(2)13-17)26(32)27(33)30(24)18-8-11-20(28)21(29)14-18/h5-14,24,31H,4H2,1-3H3/b25-23+. The lowest BCUT2D eigenvalue weighted by Crippen LogP contribution is -2.29. The zero-order valence-electron chi connectivity index (χ0n) is 19.3. The van der Waals surface area contributed by atoms with Crippen molar-refractivity contribution >= 4 is 23.1 Å². The predicted molar refractivity (Wildman–Crippen MR) is 126 cm³/mol. The van der Waals surface area contributed by atoms with Crippen LogP contribution in [-0.2, 0) is 9.59 Å². The molecule has 3 aromatic carbocycles. The van der Waals surface area contributed by atoms with E-state index in [2.05, 4.69) is 0 Å². The normalized spacial score (nSPS) is 17.1. The van der Waals surface area contributed by atoms with Crippen molar-refractivity contribution < 1.29 is 33.0 Å². The molecule has 35 heavy (non-hydrogen) atoms. The number of rotatable bonds is 6. The summed E-state index contributed by atoms with van der Waals surface area (Å²) in [5.41, 5.74) is 1.30. The van der Waals surface area contributed by atoms with Gasteiger partial charge in [0, 0.05) is 17.3 Å². The van der Waals surface area contributed by atoms with Gasteiger partial charge in [0.2, 0.25) is 0 Å². The Bertz CT molecular complexity index is 1330. The topological polar surface area (TPSA) is 76.1 Å². The number of aliphatic hydroxyl groups is 1. The fraction of sp³-hybridized carbons (Fsp3) is 0.185. The molecular formula is C27H23F2NO5. The summed E-state index contributed by atoms with van der Waals surface area (Å²) in [7, 11) is 1.52. The number of carbonyl (C=O) groups is 2. The third-order valence-electron chi connectivity index (χ3n) is 5.80. The van der Waals surface area contributed by atoms with Crippen LogP contribution in [0.4, 0.5) is 14.5 Å². The second-order valence-electron chi connectivity index (χ2n) is 7.95. The molecule has 0 radical (unpaired) electrons. The summed E-state index contributed by atoms with van der Waals surface area (Å²) in [5, 5.41) is 11.2. The van der Waals surface area contributed by atoms with Gasteiger partial charge in [-0.3, -0.25) is 14.5 Å². The number of methoxy groups -OCH3 is 1. The van der Waals surface area contributed by atoms with Gasteiger partial charge in [0.15, 0.2) is 11.6 Å². The fourth-order valence-corrected chi connectivity index (χ4v) is 4.14. The van der Waals surface area contributed by atoms with Crippen LogP contribution in [0.2, 0.25) is 0 Å². The van der Waals surface area contributed by atoms with Crippen LogP contribution in [-0.4, -0.2) is 30.5 Å². The Hall–Kier alpha value is -4.20. The van der Waals surface area contributed by atoms with E-state index >= 15 is 0 Å². The van der Waals surface area contributed by atoms with Gasteiger partial charge in [-0.1, -0.05) is 12.1 Å². The van der Waals surface area contributed by atoms with Crippen molar-refractivity contribution in [3.63, 3.8) is 0 Å². The largest absolute Gasteiger partial charge is 0.507 e. The third kappa shape index (κ3) is 4.35. The molecule has 0 aromatic heterocycles. The number of ketones is 1. The van der Waals surface area contributed by atoms with Gasteiger partial charge in [-0.15, -0.1) is 0 Å². The molecule has 0 spiro atoms. The van der Waals surface area contributed by atoms with Crippen LogP contribution < -0.4 is 14.4 Å². The number of aryl methyl sites for hydroxylation is 1. The van der Waals surface area contributed by atoms with Crippen LogP contribution in [0.15, 0.2) is 66.2 Å².